The summed E-state index contributed by atoms with van der Waals surface area (Å²) in [5.74, 6) is 0.358. The van der Waals surface area contributed by atoms with Gasteiger partial charge in [0.25, 0.3) is 5.91 Å². The second-order valence-corrected chi connectivity index (χ2v) is 11.0. The topological polar surface area (TPSA) is 80.0 Å². The van der Waals surface area contributed by atoms with E-state index >= 15 is 0 Å². The van der Waals surface area contributed by atoms with E-state index in [-0.39, 0.29) is 17.9 Å². The average molecular weight is 524 g/mol. The summed E-state index contributed by atoms with van der Waals surface area (Å²) in [5.41, 5.74) is 1.97. The van der Waals surface area contributed by atoms with E-state index in [1.54, 1.807) is 6.92 Å². The highest BCUT2D eigenvalue weighted by atomic mass is 35.5. The Morgan fingerprint density at radius 1 is 1.22 bits per heavy atom. The molecule has 3 aromatic rings. The summed E-state index contributed by atoms with van der Waals surface area (Å²) in [6, 6.07) is 12.5. The maximum atomic E-state index is 14.0. The first kappa shape index (κ1) is 25.8. The van der Waals surface area contributed by atoms with Crippen LogP contribution in [0.1, 0.15) is 68.7 Å². The molecule has 2 heterocycles. The molecular weight excluding hydrogens is 490 g/mol. The Balaban J connectivity index is 1.49. The molecule has 1 amide bonds. The van der Waals surface area contributed by atoms with Gasteiger partial charge in [-0.25, -0.2) is 4.79 Å². The quantitative estimate of drug-likeness (QED) is 0.416. The van der Waals surface area contributed by atoms with Gasteiger partial charge in [0.05, 0.1) is 17.0 Å². The number of benzene rings is 2. The van der Waals surface area contributed by atoms with Crippen LogP contribution in [0.2, 0.25) is 5.02 Å². The number of nitrogens with zero attached hydrogens (tertiary/aromatic N) is 1. The molecule has 0 radical (unpaired) electrons. The molecule has 1 aromatic heterocycles. The highest BCUT2D eigenvalue weighted by Gasteiger charge is 2.50. The van der Waals surface area contributed by atoms with Crippen LogP contribution >= 0.6 is 11.6 Å². The second-order valence-electron chi connectivity index (χ2n) is 10.6. The summed E-state index contributed by atoms with van der Waals surface area (Å²) in [6.07, 6.45) is 4.08. The van der Waals surface area contributed by atoms with E-state index in [1.165, 1.54) is 6.07 Å². The maximum Gasteiger partial charge on any atom is 0.336 e. The second kappa shape index (κ2) is 10.1. The molecule has 1 N–H and O–H groups in total. The van der Waals surface area contributed by atoms with Crippen molar-refractivity contribution in [2.75, 3.05) is 6.54 Å². The number of hydrogen-bond donors (Lipinski definition) is 1. The zero-order chi connectivity index (χ0) is 26.3. The van der Waals surface area contributed by atoms with Gasteiger partial charge in [0.2, 0.25) is 0 Å². The number of amides is 1. The minimum Gasteiger partial charge on any atom is -0.480 e. The van der Waals surface area contributed by atoms with E-state index in [4.69, 9.17) is 20.8 Å². The first-order valence-corrected chi connectivity index (χ1v) is 13.6. The average Bonchev–Trinajstić information content (AvgIpc) is 2.87. The Bertz CT molecular complexity index is 1370. The maximum absolute atomic E-state index is 14.0. The van der Waals surface area contributed by atoms with Crippen molar-refractivity contribution in [3.8, 4) is 5.75 Å². The molecule has 0 spiro atoms. The van der Waals surface area contributed by atoms with Crippen molar-refractivity contribution in [3.63, 3.8) is 0 Å². The van der Waals surface area contributed by atoms with E-state index in [0.29, 0.717) is 35.7 Å². The fraction of sp³-hybridized carbons (Fsp3) is 0.467. The molecule has 196 valence electrons. The SMILES string of the molecule is CCc1cc(=O)oc2cc(C)cc(O[C@H](C)C(=O)N3CC[C@]4(O)CCCC[C@H]4[C@H]3c3ccc(Cl)cc3)c12. The number of hydrogen-bond acceptors (Lipinski definition) is 5. The molecule has 2 fully saturated rings. The number of rotatable bonds is 5. The van der Waals surface area contributed by atoms with Crippen LogP contribution in [0, 0.1) is 12.8 Å². The first-order valence-electron chi connectivity index (χ1n) is 13.2. The predicted octanol–water partition coefficient (Wildman–Crippen LogP) is 5.98. The van der Waals surface area contributed by atoms with Gasteiger partial charge < -0.3 is 19.2 Å². The van der Waals surface area contributed by atoms with Gasteiger partial charge >= 0.3 is 5.63 Å². The number of aliphatic hydroxyl groups is 1. The summed E-state index contributed by atoms with van der Waals surface area (Å²) < 4.78 is 11.8. The Labute approximate surface area is 222 Å². The van der Waals surface area contributed by atoms with Crippen LogP contribution in [0.3, 0.4) is 0 Å². The molecule has 37 heavy (non-hydrogen) atoms. The monoisotopic (exact) mass is 523 g/mol. The molecule has 7 heteroatoms. The van der Waals surface area contributed by atoms with E-state index in [0.717, 1.165) is 47.8 Å². The van der Waals surface area contributed by atoms with Crippen molar-refractivity contribution in [1.29, 1.82) is 0 Å². The van der Waals surface area contributed by atoms with Gasteiger partial charge in [-0.1, -0.05) is 43.5 Å². The number of likely N-dealkylation sites (tertiary alicyclic amines) is 1. The Morgan fingerprint density at radius 2 is 1.97 bits per heavy atom. The number of aryl methyl sites for hydroxylation is 2. The van der Waals surface area contributed by atoms with Gasteiger partial charge in [-0.2, -0.15) is 0 Å². The molecule has 1 saturated heterocycles. The standard InChI is InChI=1S/C30H34ClNO5/c1-4-20-17-26(33)37-25-16-18(2)15-24(27(20)25)36-19(3)29(34)32-14-13-30(35)12-6-5-7-23(30)28(32)21-8-10-22(31)11-9-21/h8-11,15-17,19,23,28,35H,4-7,12-14H2,1-3H3/t19-,23+,28-,30-/m1/s1. The predicted molar refractivity (Wildman–Crippen MR) is 144 cm³/mol. The van der Waals surface area contributed by atoms with Crippen LogP contribution in [0.15, 0.2) is 51.7 Å². The van der Waals surface area contributed by atoms with Crippen LogP contribution < -0.4 is 10.4 Å². The summed E-state index contributed by atoms with van der Waals surface area (Å²) in [7, 11) is 0. The lowest BCUT2D eigenvalue weighted by Crippen LogP contribution is -2.58. The third kappa shape index (κ3) is 4.89. The first-order chi connectivity index (χ1) is 17.7. The van der Waals surface area contributed by atoms with Crippen LogP contribution in [0.25, 0.3) is 11.0 Å². The van der Waals surface area contributed by atoms with Crippen molar-refractivity contribution in [2.24, 2.45) is 5.92 Å². The molecule has 2 aromatic carbocycles. The highest BCUT2D eigenvalue weighted by molar-refractivity contribution is 6.30. The van der Waals surface area contributed by atoms with E-state index in [2.05, 4.69) is 0 Å². The number of halogens is 1. The molecule has 4 atom stereocenters. The lowest BCUT2D eigenvalue weighted by Gasteiger charge is -2.53. The van der Waals surface area contributed by atoms with Crippen LogP contribution in [0.4, 0.5) is 0 Å². The van der Waals surface area contributed by atoms with Gasteiger partial charge in [-0.15, -0.1) is 0 Å². The number of carbonyl (C=O) groups is 1. The minimum absolute atomic E-state index is 0.0481. The number of carbonyl (C=O) groups excluding carboxylic acids is 1. The van der Waals surface area contributed by atoms with Gasteiger partial charge in [-0.3, -0.25) is 4.79 Å². The van der Waals surface area contributed by atoms with Crippen LogP contribution in [-0.4, -0.2) is 34.2 Å². The molecule has 1 saturated carbocycles. The summed E-state index contributed by atoms with van der Waals surface area (Å²) >= 11 is 6.17. The lowest BCUT2D eigenvalue weighted by molar-refractivity contribution is -0.161. The van der Waals surface area contributed by atoms with Crippen molar-refractivity contribution in [3.05, 3.63) is 74.6 Å². The highest BCUT2D eigenvalue weighted by Crippen LogP contribution is 2.49. The Kier molecular flexibility index (Phi) is 7.08. The van der Waals surface area contributed by atoms with Crippen LogP contribution in [0.5, 0.6) is 5.75 Å². The van der Waals surface area contributed by atoms with E-state index in [1.807, 2.05) is 55.1 Å². The molecule has 1 aliphatic heterocycles. The van der Waals surface area contributed by atoms with Crippen molar-refractivity contribution in [1.82, 2.24) is 4.90 Å². The van der Waals surface area contributed by atoms with E-state index < -0.39 is 17.3 Å². The minimum atomic E-state index is -0.774. The Morgan fingerprint density at radius 3 is 2.70 bits per heavy atom. The molecular formula is C30H34ClNO5. The Hall–Kier alpha value is -2.83. The lowest BCUT2D eigenvalue weighted by atomic mass is 9.66. The largest absolute Gasteiger partial charge is 0.480 e. The zero-order valence-corrected chi connectivity index (χ0v) is 22.4. The molecule has 1 aliphatic carbocycles. The van der Waals surface area contributed by atoms with Crippen LogP contribution in [-0.2, 0) is 11.2 Å². The third-order valence-electron chi connectivity index (χ3n) is 8.13. The normalized spacial score (nSPS) is 24.5. The van der Waals surface area contributed by atoms with Crippen molar-refractivity contribution in [2.45, 2.75) is 77.0 Å². The number of ether oxygens (including phenoxy) is 1. The van der Waals surface area contributed by atoms with Crippen molar-refractivity contribution < 1.29 is 19.1 Å². The van der Waals surface area contributed by atoms with Gasteiger partial charge in [-0.05, 0) is 80.5 Å². The number of piperidine rings is 1. The third-order valence-corrected chi connectivity index (χ3v) is 8.38. The summed E-state index contributed by atoms with van der Waals surface area (Å²) in [6.45, 7) is 6.10. The van der Waals surface area contributed by atoms with Gasteiger partial charge in [0.15, 0.2) is 6.10 Å². The van der Waals surface area contributed by atoms with Gasteiger partial charge in [0.1, 0.15) is 11.3 Å². The van der Waals surface area contributed by atoms with Gasteiger partial charge in [0, 0.05) is 23.6 Å². The molecule has 6 nitrogen and oxygen atoms in total. The number of fused-ring (bicyclic) bond motifs is 2. The van der Waals surface area contributed by atoms with Crippen molar-refractivity contribution >= 4 is 28.5 Å². The summed E-state index contributed by atoms with van der Waals surface area (Å²) in [4.78, 5) is 27.9. The fourth-order valence-corrected chi connectivity index (χ4v) is 6.44. The molecule has 0 bridgehead atoms. The smallest absolute Gasteiger partial charge is 0.336 e. The molecule has 0 unspecified atom stereocenters. The van der Waals surface area contributed by atoms with E-state index in [9.17, 15) is 14.7 Å². The summed E-state index contributed by atoms with van der Waals surface area (Å²) in [5, 5.41) is 12.9. The fourth-order valence-electron chi connectivity index (χ4n) is 6.32. The molecule has 2 aliphatic rings. The molecule has 5 rings (SSSR count). The zero-order valence-electron chi connectivity index (χ0n) is 21.6.